The molecule has 7 nitrogen and oxygen atoms in total. The zero-order valence-electron chi connectivity index (χ0n) is 13.6. The molecule has 0 amide bonds. The lowest BCUT2D eigenvalue weighted by atomic mass is 10.1. The zero-order chi connectivity index (χ0) is 16.8. The van der Waals surface area contributed by atoms with Gasteiger partial charge in [0.1, 0.15) is 18.1 Å². The van der Waals surface area contributed by atoms with Crippen LogP contribution < -0.4 is 0 Å². The number of hydrogen-bond acceptors (Lipinski definition) is 4. The molecule has 0 unspecified atom stereocenters. The van der Waals surface area contributed by atoms with E-state index < -0.39 is 5.97 Å². The normalized spacial score (nSPS) is 11.5. The number of carboxylic acids is 1. The molecule has 122 valence electrons. The van der Waals surface area contributed by atoms with Crippen LogP contribution in [0.1, 0.15) is 20.3 Å². The van der Waals surface area contributed by atoms with E-state index in [0.717, 1.165) is 30.1 Å². The standard InChI is InChI=1S/C16H21N5O2/c1-4-8-20(3)12(2)17-14-7-5-6-13(9-14)15-10-21(19-18-15)11-16(22)23/h5-7,9-10H,4,8,11H2,1-3H3,(H,22,23). The Morgan fingerprint density at radius 2 is 2.22 bits per heavy atom. The summed E-state index contributed by atoms with van der Waals surface area (Å²) in [5.74, 6) is -0.00656. The average Bonchev–Trinajstić information content (AvgIpc) is 2.95. The first kappa shape index (κ1) is 16.7. The number of nitrogens with zero attached hydrogens (tertiary/aromatic N) is 5. The maximum atomic E-state index is 10.7. The lowest BCUT2D eigenvalue weighted by molar-refractivity contribution is -0.137. The van der Waals surface area contributed by atoms with Crippen molar-refractivity contribution in [2.45, 2.75) is 26.8 Å². The minimum atomic E-state index is -0.950. The second kappa shape index (κ2) is 7.53. The van der Waals surface area contributed by atoms with Crippen LogP contribution >= 0.6 is 0 Å². The van der Waals surface area contributed by atoms with Gasteiger partial charge in [0.05, 0.1) is 11.9 Å². The largest absolute Gasteiger partial charge is 0.480 e. The molecule has 0 aliphatic rings. The van der Waals surface area contributed by atoms with Gasteiger partial charge in [-0.15, -0.1) is 5.10 Å². The highest BCUT2D eigenvalue weighted by Gasteiger charge is 2.07. The van der Waals surface area contributed by atoms with Crippen LogP contribution in [-0.4, -0.2) is 50.4 Å². The monoisotopic (exact) mass is 315 g/mol. The summed E-state index contributed by atoms with van der Waals surface area (Å²) in [6, 6.07) is 7.64. The summed E-state index contributed by atoms with van der Waals surface area (Å²) in [5.41, 5.74) is 2.31. The fraction of sp³-hybridized carbons (Fsp3) is 0.375. The molecular formula is C16H21N5O2. The molecule has 1 aromatic carbocycles. The molecule has 0 atom stereocenters. The summed E-state index contributed by atoms with van der Waals surface area (Å²) in [4.78, 5) is 17.4. The first-order valence-electron chi connectivity index (χ1n) is 7.48. The Morgan fingerprint density at radius 3 is 2.91 bits per heavy atom. The molecule has 0 fully saturated rings. The Hall–Kier alpha value is -2.70. The van der Waals surface area contributed by atoms with Crippen molar-refractivity contribution in [3.63, 3.8) is 0 Å². The van der Waals surface area contributed by atoms with Crippen molar-refractivity contribution in [2.75, 3.05) is 13.6 Å². The van der Waals surface area contributed by atoms with Gasteiger partial charge in [-0.05, 0) is 25.5 Å². The minimum Gasteiger partial charge on any atom is -0.480 e. The van der Waals surface area contributed by atoms with Gasteiger partial charge in [-0.1, -0.05) is 24.3 Å². The summed E-state index contributed by atoms with van der Waals surface area (Å²) in [6.45, 7) is 4.86. The smallest absolute Gasteiger partial charge is 0.325 e. The number of carboxylic acid groups (broad SMARTS) is 1. The number of aromatic nitrogens is 3. The highest BCUT2D eigenvalue weighted by Crippen LogP contribution is 2.22. The van der Waals surface area contributed by atoms with Crippen LogP contribution in [0.3, 0.4) is 0 Å². The van der Waals surface area contributed by atoms with Gasteiger partial charge in [0.2, 0.25) is 0 Å². The van der Waals surface area contributed by atoms with Gasteiger partial charge in [0.15, 0.2) is 0 Å². The topological polar surface area (TPSA) is 83.6 Å². The third-order valence-corrected chi connectivity index (χ3v) is 3.38. The van der Waals surface area contributed by atoms with E-state index in [4.69, 9.17) is 5.11 Å². The molecule has 0 saturated heterocycles. The number of hydrogen-bond donors (Lipinski definition) is 1. The number of aliphatic carboxylic acids is 1. The SMILES string of the molecule is CCCN(C)C(C)=Nc1cccc(-c2cn(CC(=O)O)nn2)c1. The number of amidine groups is 1. The van der Waals surface area contributed by atoms with Gasteiger partial charge in [-0.3, -0.25) is 4.79 Å². The Kier molecular flexibility index (Phi) is 5.46. The van der Waals surface area contributed by atoms with E-state index in [-0.39, 0.29) is 6.54 Å². The van der Waals surface area contributed by atoms with E-state index in [1.165, 1.54) is 4.68 Å². The molecule has 23 heavy (non-hydrogen) atoms. The van der Waals surface area contributed by atoms with Gasteiger partial charge < -0.3 is 10.0 Å². The average molecular weight is 315 g/mol. The van der Waals surface area contributed by atoms with Gasteiger partial charge in [0.25, 0.3) is 0 Å². The predicted molar refractivity (Wildman–Crippen MR) is 88.8 cm³/mol. The lowest BCUT2D eigenvalue weighted by Crippen LogP contribution is -2.24. The molecule has 0 saturated carbocycles. The Labute approximate surface area is 135 Å². The van der Waals surface area contributed by atoms with E-state index >= 15 is 0 Å². The Balaban J connectivity index is 2.21. The maximum Gasteiger partial charge on any atom is 0.325 e. The number of benzene rings is 1. The lowest BCUT2D eigenvalue weighted by Gasteiger charge is -2.17. The molecule has 0 aliphatic carbocycles. The van der Waals surface area contributed by atoms with Crippen molar-refractivity contribution in [3.05, 3.63) is 30.5 Å². The van der Waals surface area contributed by atoms with Crippen molar-refractivity contribution in [1.82, 2.24) is 19.9 Å². The highest BCUT2D eigenvalue weighted by molar-refractivity contribution is 5.82. The van der Waals surface area contributed by atoms with Gasteiger partial charge in [-0.2, -0.15) is 0 Å². The second-order valence-corrected chi connectivity index (χ2v) is 5.33. The summed E-state index contributed by atoms with van der Waals surface area (Å²) < 4.78 is 1.30. The number of carbonyl (C=O) groups is 1. The molecular weight excluding hydrogens is 294 g/mol. The predicted octanol–water partition coefficient (Wildman–Crippen LogP) is 2.42. The molecule has 0 spiro atoms. The molecule has 0 radical (unpaired) electrons. The van der Waals surface area contributed by atoms with Gasteiger partial charge in [0, 0.05) is 19.2 Å². The molecule has 0 bridgehead atoms. The molecule has 2 rings (SSSR count). The van der Waals surface area contributed by atoms with Crippen LogP contribution in [0.5, 0.6) is 0 Å². The van der Waals surface area contributed by atoms with E-state index in [2.05, 4.69) is 27.1 Å². The molecule has 1 N–H and O–H groups in total. The van der Waals surface area contributed by atoms with Crippen molar-refractivity contribution < 1.29 is 9.90 Å². The van der Waals surface area contributed by atoms with Crippen LogP contribution in [0.4, 0.5) is 5.69 Å². The minimum absolute atomic E-state index is 0.203. The first-order valence-corrected chi connectivity index (χ1v) is 7.48. The highest BCUT2D eigenvalue weighted by atomic mass is 16.4. The summed E-state index contributed by atoms with van der Waals surface area (Å²) >= 11 is 0. The van der Waals surface area contributed by atoms with Crippen molar-refractivity contribution >= 4 is 17.5 Å². The second-order valence-electron chi connectivity index (χ2n) is 5.33. The van der Waals surface area contributed by atoms with E-state index in [1.807, 2.05) is 38.2 Å². The van der Waals surface area contributed by atoms with Crippen LogP contribution in [0.25, 0.3) is 11.3 Å². The fourth-order valence-electron chi connectivity index (χ4n) is 2.15. The summed E-state index contributed by atoms with van der Waals surface area (Å²) in [6.07, 6.45) is 2.68. The third-order valence-electron chi connectivity index (χ3n) is 3.38. The van der Waals surface area contributed by atoms with Crippen molar-refractivity contribution in [2.24, 2.45) is 4.99 Å². The van der Waals surface area contributed by atoms with Crippen molar-refractivity contribution in [3.8, 4) is 11.3 Å². The van der Waals surface area contributed by atoms with Crippen molar-refractivity contribution in [1.29, 1.82) is 0 Å². The Morgan fingerprint density at radius 1 is 1.43 bits per heavy atom. The molecule has 0 aliphatic heterocycles. The summed E-state index contributed by atoms with van der Waals surface area (Å²) in [5, 5.41) is 16.6. The maximum absolute atomic E-state index is 10.7. The van der Waals surface area contributed by atoms with Gasteiger partial charge >= 0.3 is 5.97 Å². The first-order chi connectivity index (χ1) is 11.0. The zero-order valence-corrected chi connectivity index (χ0v) is 13.6. The number of rotatable bonds is 6. The molecule has 1 heterocycles. The van der Waals surface area contributed by atoms with E-state index in [0.29, 0.717) is 5.69 Å². The summed E-state index contributed by atoms with van der Waals surface area (Å²) in [7, 11) is 2.02. The molecule has 1 aromatic heterocycles. The number of aliphatic imine (C=N–C) groups is 1. The van der Waals surface area contributed by atoms with E-state index in [1.54, 1.807) is 6.20 Å². The van der Waals surface area contributed by atoms with Crippen LogP contribution in [0.2, 0.25) is 0 Å². The van der Waals surface area contributed by atoms with Crippen LogP contribution in [0, 0.1) is 0 Å². The fourth-order valence-corrected chi connectivity index (χ4v) is 2.15. The van der Waals surface area contributed by atoms with Gasteiger partial charge in [-0.25, -0.2) is 9.67 Å². The van der Waals surface area contributed by atoms with Crippen LogP contribution in [0.15, 0.2) is 35.5 Å². The third kappa shape index (κ3) is 4.64. The molecule has 7 heteroatoms. The quantitative estimate of drug-likeness (QED) is 0.654. The molecule has 2 aromatic rings. The van der Waals surface area contributed by atoms with Crippen LogP contribution in [-0.2, 0) is 11.3 Å². The Bertz CT molecular complexity index is 708. The van der Waals surface area contributed by atoms with E-state index in [9.17, 15) is 4.79 Å².